The summed E-state index contributed by atoms with van der Waals surface area (Å²) in [4.78, 5) is 9.88. The lowest BCUT2D eigenvalue weighted by Crippen LogP contribution is -2.38. The Kier molecular flexibility index (Phi) is 3.87. The van der Waals surface area contributed by atoms with Gasteiger partial charge in [0.1, 0.15) is 0 Å². The van der Waals surface area contributed by atoms with Crippen molar-refractivity contribution < 1.29 is 48.7 Å². The van der Waals surface area contributed by atoms with Crippen molar-refractivity contribution in [1.82, 2.24) is 0 Å². The van der Waals surface area contributed by atoms with Crippen LogP contribution in [0, 0.1) is 0 Å². The van der Waals surface area contributed by atoms with Gasteiger partial charge < -0.3 is 0 Å². The van der Waals surface area contributed by atoms with Gasteiger partial charge in [0.05, 0.1) is 0 Å². The Morgan fingerprint density at radius 1 is 0.765 bits per heavy atom. The summed E-state index contributed by atoms with van der Waals surface area (Å²) in [6.45, 7) is 0. The molecule has 0 bridgehead atoms. The Hall–Kier alpha value is -1.29. The molecular formula is C6F10O. The van der Waals surface area contributed by atoms with E-state index in [1.165, 1.54) is 0 Å². The van der Waals surface area contributed by atoms with E-state index in [-0.39, 0.29) is 0 Å². The number of carbonyl (C=O) groups is 1. The molecular weight excluding hydrogens is 278 g/mol. The molecule has 11 heteroatoms. The van der Waals surface area contributed by atoms with Crippen LogP contribution >= 0.6 is 0 Å². The molecule has 0 atom stereocenters. The van der Waals surface area contributed by atoms with Gasteiger partial charge in [-0.3, -0.25) is 4.79 Å². The van der Waals surface area contributed by atoms with Gasteiger partial charge in [-0.2, -0.15) is 39.5 Å². The third kappa shape index (κ3) is 3.09. The van der Waals surface area contributed by atoms with E-state index in [0.717, 1.165) is 0 Å². The Labute approximate surface area is 85.7 Å². The fraction of sp³-hybridized carbons (Fsp3) is 0.500. The lowest BCUT2D eigenvalue weighted by Gasteiger charge is -2.17. The van der Waals surface area contributed by atoms with Gasteiger partial charge in [-0.1, -0.05) is 0 Å². The van der Waals surface area contributed by atoms with Crippen LogP contribution in [0.4, 0.5) is 43.9 Å². The van der Waals surface area contributed by atoms with Crippen molar-refractivity contribution in [2.75, 3.05) is 0 Å². The molecule has 0 saturated carbocycles. The van der Waals surface area contributed by atoms with Gasteiger partial charge in [0.2, 0.25) is 11.7 Å². The zero-order valence-corrected chi connectivity index (χ0v) is 7.19. The SMILES string of the molecule is O=C(C(F)=C(F)C(F)(F)C(F)(F)F)C(F)(F)F. The Morgan fingerprint density at radius 3 is 1.35 bits per heavy atom. The summed E-state index contributed by atoms with van der Waals surface area (Å²) >= 11 is 0. The summed E-state index contributed by atoms with van der Waals surface area (Å²) in [6.07, 6.45) is -12.8. The summed E-state index contributed by atoms with van der Waals surface area (Å²) in [7, 11) is 0. The molecule has 0 rings (SSSR count). The monoisotopic (exact) mass is 278 g/mol. The van der Waals surface area contributed by atoms with Crippen LogP contribution in [0.25, 0.3) is 0 Å². The minimum Gasteiger partial charge on any atom is -0.281 e. The molecule has 1 nitrogen and oxygen atoms in total. The maximum atomic E-state index is 12.2. The number of hydrogen-bond donors (Lipinski definition) is 0. The Bertz CT molecular complexity index is 345. The number of hydrogen-bond acceptors (Lipinski definition) is 1. The van der Waals surface area contributed by atoms with E-state index >= 15 is 0 Å². The van der Waals surface area contributed by atoms with E-state index in [2.05, 4.69) is 0 Å². The second kappa shape index (κ2) is 4.18. The van der Waals surface area contributed by atoms with E-state index in [9.17, 15) is 48.7 Å². The number of carbonyl (C=O) groups excluding carboxylic acids is 1. The average molecular weight is 278 g/mol. The van der Waals surface area contributed by atoms with Gasteiger partial charge in [-0.25, -0.2) is 4.39 Å². The van der Waals surface area contributed by atoms with Crippen molar-refractivity contribution in [1.29, 1.82) is 0 Å². The molecule has 100 valence electrons. The van der Waals surface area contributed by atoms with Crippen molar-refractivity contribution in [3.8, 4) is 0 Å². The first kappa shape index (κ1) is 15.7. The fourth-order valence-corrected chi connectivity index (χ4v) is 0.486. The van der Waals surface area contributed by atoms with Gasteiger partial charge in [-0.05, 0) is 0 Å². The molecule has 0 aliphatic carbocycles. The van der Waals surface area contributed by atoms with E-state index in [4.69, 9.17) is 0 Å². The summed E-state index contributed by atoms with van der Waals surface area (Å²) in [5.74, 6) is -18.2. The minimum absolute atomic E-state index is 3.76. The van der Waals surface area contributed by atoms with Gasteiger partial charge in [0.25, 0.3) is 5.78 Å². The first-order valence-corrected chi connectivity index (χ1v) is 3.34. The summed E-state index contributed by atoms with van der Waals surface area (Å²) < 4.78 is 117. The van der Waals surface area contributed by atoms with Crippen molar-refractivity contribution in [3.05, 3.63) is 11.7 Å². The molecule has 0 aromatic heterocycles. The number of rotatable bonds is 2. The summed E-state index contributed by atoms with van der Waals surface area (Å²) in [6, 6.07) is 0. The van der Waals surface area contributed by atoms with Gasteiger partial charge in [0.15, 0.2) is 0 Å². The van der Waals surface area contributed by atoms with E-state index in [1.807, 2.05) is 0 Å². The van der Waals surface area contributed by atoms with Gasteiger partial charge in [-0.15, -0.1) is 0 Å². The summed E-state index contributed by atoms with van der Waals surface area (Å²) in [5.41, 5.74) is 0. The lowest BCUT2D eigenvalue weighted by molar-refractivity contribution is -0.271. The van der Waals surface area contributed by atoms with Crippen LogP contribution < -0.4 is 0 Å². The highest BCUT2D eigenvalue weighted by Gasteiger charge is 2.63. The topological polar surface area (TPSA) is 17.1 Å². The standard InChI is InChI=1S/C6F10O/c7-1(3(17)5(11,12)13)2(8)4(9,10)6(14,15)16. The number of ketones is 1. The highest BCUT2D eigenvalue weighted by molar-refractivity contribution is 5.98. The average Bonchev–Trinajstić information content (AvgIpc) is 2.10. The fourth-order valence-electron chi connectivity index (χ4n) is 0.486. The Balaban J connectivity index is 5.56. The van der Waals surface area contributed by atoms with Crippen molar-refractivity contribution >= 4 is 5.78 Å². The second-order valence-corrected chi connectivity index (χ2v) is 2.53. The predicted molar refractivity (Wildman–Crippen MR) is 31.3 cm³/mol. The third-order valence-electron chi connectivity index (χ3n) is 1.28. The van der Waals surface area contributed by atoms with Crippen LogP contribution in [0.15, 0.2) is 11.7 Å². The normalized spacial score (nSPS) is 15.6. The highest BCUT2D eigenvalue weighted by Crippen LogP contribution is 2.43. The number of allylic oxidation sites excluding steroid dienone is 2. The van der Waals surface area contributed by atoms with Crippen LogP contribution in [-0.2, 0) is 4.79 Å². The number of alkyl halides is 8. The van der Waals surface area contributed by atoms with Crippen LogP contribution in [0.1, 0.15) is 0 Å². The molecule has 0 unspecified atom stereocenters. The first-order chi connectivity index (χ1) is 7.23. The minimum atomic E-state index is -6.67. The zero-order chi connectivity index (χ0) is 14.2. The molecule has 0 fully saturated rings. The smallest absolute Gasteiger partial charge is 0.281 e. The first-order valence-electron chi connectivity index (χ1n) is 3.34. The number of halogens is 10. The van der Waals surface area contributed by atoms with E-state index in [1.54, 1.807) is 0 Å². The maximum Gasteiger partial charge on any atom is 0.460 e. The molecule has 0 amide bonds. The molecule has 0 aromatic carbocycles. The molecule has 0 radical (unpaired) electrons. The molecule has 0 aliphatic heterocycles. The molecule has 17 heavy (non-hydrogen) atoms. The van der Waals surface area contributed by atoms with Crippen LogP contribution in [0.5, 0.6) is 0 Å². The van der Waals surface area contributed by atoms with Crippen molar-refractivity contribution in [2.45, 2.75) is 18.3 Å². The third-order valence-corrected chi connectivity index (χ3v) is 1.28. The van der Waals surface area contributed by atoms with E-state index < -0.39 is 35.7 Å². The van der Waals surface area contributed by atoms with E-state index in [0.29, 0.717) is 0 Å². The highest BCUT2D eigenvalue weighted by atomic mass is 19.4. The van der Waals surface area contributed by atoms with Crippen LogP contribution in [0.2, 0.25) is 0 Å². The molecule has 0 saturated heterocycles. The molecule has 0 N–H and O–H groups in total. The summed E-state index contributed by atoms with van der Waals surface area (Å²) in [5, 5.41) is 0. The quantitative estimate of drug-likeness (QED) is 0.558. The van der Waals surface area contributed by atoms with Crippen LogP contribution in [-0.4, -0.2) is 24.1 Å². The Morgan fingerprint density at radius 2 is 1.12 bits per heavy atom. The second-order valence-electron chi connectivity index (χ2n) is 2.53. The molecule has 0 aromatic rings. The van der Waals surface area contributed by atoms with Gasteiger partial charge >= 0.3 is 18.3 Å². The zero-order valence-electron chi connectivity index (χ0n) is 7.19. The van der Waals surface area contributed by atoms with Gasteiger partial charge in [0, 0.05) is 0 Å². The molecule has 0 heterocycles. The molecule has 0 aliphatic rings. The number of Topliss-reactive ketones (excluding diaryl/α,β-unsaturated/α-hetero) is 1. The lowest BCUT2D eigenvalue weighted by atomic mass is 10.2. The predicted octanol–water partition coefficient (Wildman–Crippen LogP) is 3.47. The van der Waals surface area contributed by atoms with Crippen molar-refractivity contribution in [3.63, 3.8) is 0 Å². The van der Waals surface area contributed by atoms with Crippen molar-refractivity contribution in [2.24, 2.45) is 0 Å². The van der Waals surface area contributed by atoms with Crippen LogP contribution in [0.3, 0.4) is 0 Å². The molecule has 0 spiro atoms. The maximum absolute atomic E-state index is 12.2. The largest absolute Gasteiger partial charge is 0.460 e.